The van der Waals surface area contributed by atoms with Gasteiger partial charge in [-0.15, -0.1) is 0 Å². The molecule has 3 rings (SSSR count). The van der Waals surface area contributed by atoms with Gasteiger partial charge in [0.05, 0.1) is 19.3 Å². The van der Waals surface area contributed by atoms with E-state index in [0.717, 1.165) is 5.56 Å². The SMILES string of the molecule is CCOc1cc(C(=O)OCc2nc(-c3ccccc3)oc2C)ccc1OC. The van der Waals surface area contributed by atoms with Crippen LogP contribution in [0.5, 0.6) is 11.5 Å². The van der Waals surface area contributed by atoms with Gasteiger partial charge in [0.15, 0.2) is 11.5 Å². The summed E-state index contributed by atoms with van der Waals surface area (Å²) in [4.78, 5) is 16.8. The van der Waals surface area contributed by atoms with Gasteiger partial charge in [0.25, 0.3) is 0 Å². The van der Waals surface area contributed by atoms with Crippen LogP contribution in [0.15, 0.2) is 52.9 Å². The number of rotatable bonds is 7. The van der Waals surface area contributed by atoms with Gasteiger partial charge >= 0.3 is 5.97 Å². The molecule has 0 aliphatic carbocycles. The molecule has 0 saturated heterocycles. The molecule has 6 nitrogen and oxygen atoms in total. The highest BCUT2D eigenvalue weighted by Crippen LogP contribution is 2.28. The number of methoxy groups -OCH3 is 1. The Bertz CT molecular complexity index is 918. The lowest BCUT2D eigenvalue weighted by Gasteiger charge is -2.10. The van der Waals surface area contributed by atoms with Crippen molar-refractivity contribution in [3.8, 4) is 23.0 Å². The Morgan fingerprint density at radius 1 is 1.11 bits per heavy atom. The van der Waals surface area contributed by atoms with Gasteiger partial charge in [-0.1, -0.05) is 18.2 Å². The van der Waals surface area contributed by atoms with Gasteiger partial charge in [-0.25, -0.2) is 9.78 Å². The minimum Gasteiger partial charge on any atom is -0.493 e. The number of oxazole rings is 1. The van der Waals surface area contributed by atoms with E-state index in [4.69, 9.17) is 18.6 Å². The van der Waals surface area contributed by atoms with Gasteiger partial charge in [0, 0.05) is 5.56 Å². The number of aryl methyl sites for hydroxylation is 1. The number of hydrogen-bond acceptors (Lipinski definition) is 6. The summed E-state index contributed by atoms with van der Waals surface area (Å²) in [5, 5.41) is 0. The zero-order valence-electron chi connectivity index (χ0n) is 15.5. The first-order chi connectivity index (χ1) is 13.1. The van der Waals surface area contributed by atoms with Crippen molar-refractivity contribution < 1.29 is 23.4 Å². The highest BCUT2D eigenvalue weighted by atomic mass is 16.5. The number of nitrogens with zero attached hydrogens (tertiary/aromatic N) is 1. The van der Waals surface area contributed by atoms with Crippen LogP contribution in [0.3, 0.4) is 0 Å². The molecule has 0 radical (unpaired) electrons. The molecule has 27 heavy (non-hydrogen) atoms. The Balaban J connectivity index is 1.71. The number of carbonyl (C=O) groups is 1. The molecule has 0 bridgehead atoms. The van der Waals surface area contributed by atoms with Crippen LogP contribution in [0.25, 0.3) is 11.5 Å². The van der Waals surface area contributed by atoms with E-state index in [2.05, 4.69) is 4.98 Å². The molecule has 0 saturated carbocycles. The number of carbonyl (C=O) groups excluding carboxylic acids is 1. The normalized spacial score (nSPS) is 10.5. The molecular weight excluding hydrogens is 346 g/mol. The third-order valence-corrected chi connectivity index (χ3v) is 3.95. The Kier molecular flexibility index (Phi) is 5.76. The Labute approximate surface area is 157 Å². The van der Waals surface area contributed by atoms with Crippen molar-refractivity contribution in [2.75, 3.05) is 13.7 Å². The molecule has 140 valence electrons. The Morgan fingerprint density at radius 2 is 1.89 bits per heavy atom. The summed E-state index contributed by atoms with van der Waals surface area (Å²) in [6.07, 6.45) is 0. The van der Waals surface area contributed by atoms with Crippen LogP contribution in [0, 0.1) is 6.92 Å². The van der Waals surface area contributed by atoms with E-state index in [1.165, 1.54) is 0 Å². The number of esters is 1. The van der Waals surface area contributed by atoms with Gasteiger partial charge in [0.1, 0.15) is 18.1 Å². The molecule has 2 aromatic carbocycles. The van der Waals surface area contributed by atoms with Crippen LogP contribution >= 0.6 is 0 Å². The fraction of sp³-hybridized carbons (Fsp3) is 0.238. The number of benzene rings is 2. The van der Waals surface area contributed by atoms with Crippen molar-refractivity contribution in [2.45, 2.75) is 20.5 Å². The van der Waals surface area contributed by atoms with Crippen molar-refractivity contribution in [1.82, 2.24) is 4.98 Å². The minimum atomic E-state index is -0.470. The van der Waals surface area contributed by atoms with Gasteiger partial charge in [-0.3, -0.25) is 0 Å². The molecule has 1 heterocycles. The maximum absolute atomic E-state index is 12.4. The maximum Gasteiger partial charge on any atom is 0.338 e. The number of hydrogen-bond donors (Lipinski definition) is 0. The minimum absolute atomic E-state index is 0.0248. The third kappa shape index (κ3) is 4.28. The summed E-state index contributed by atoms with van der Waals surface area (Å²) in [6, 6.07) is 14.5. The molecule has 0 spiro atoms. The summed E-state index contributed by atoms with van der Waals surface area (Å²) < 4.78 is 21.8. The molecule has 0 unspecified atom stereocenters. The second-order valence-corrected chi connectivity index (χ2v) is 5.76. The lowest BCUT2D eigenvalue weighted by molar-refractivity contribution is 0.0466. The molecule has 0 amide bonds. The van der Waals surface area contributed by atoms with E-state index >= 15 is 0 Å². The fourth-order valence-corrected chi connectivity index (χ4v) is 2.56. The van der Waals surface area contributed by atoms with Crippen LogP contribution in [0.2, 0.25) is 0 Å². The van der Waals surface area contributed by atoms with E-state index in [1.54, 1.807) is 32.2 Å². The topological polar surface area (TPSA) is 70.8 Å². The van der Waals surface area contributed by atoms with E-state index in [1.807, 2.05) is 37.3 Å². The van der Waals surface area contributed by atoms with Crippen molar-refractivity contribution in [1.29, 1.82) is 0 Å². The maximum atomic E-state index is 12.4. The van der Waals surface area contributed by atoms with Crippen molar-refractivity contribution in [3.63, 3.8) is 0 Å². The van der Waals surface area contributed by atoms with Crippen molar-refractivity contribution in [3.05, 3.63) is 65.5 Å². The van der Waals surface area contributed by atoms with E-state index in [9.17, 15) is 4.79 Å². The summed E-state index contributed by atoms with van der Waals surface area (Å²) >= 11 is 0. The first-order valence-electron chi connectivity index (χ1n) is 8.62. The zero-order valence-corrected chi connectivity index (χ0v) is 15.5. The largest absolute Gasteiger partial charge is 0.493 e. The summed E-state index contributed by atoms with van der Waals surface area (Å²) in [5.74, 6) is 1.71. The monoisotopic (exact) mass is 367 g/mol. The average molecular weight is 367 g/mol. The fourth-order valence-electron chi connectivity index (χ4n) is 2.56. The predicted molar refractivity (Wildman–Crippen MR) is 100.0 cm³/mol. The molecule has 6 heteroatoms. The first-order valence-corrected chi connectivity index (χ1v) is 8.62. The second-order valence-electron chi connectivity index (χ2n) is 5.76. The quantitative estimate of drug-likeness (QED) is 0.576. The zero-order chi connectivity index (χ0) is 19.2. The second kappa shape index (κ2) is 8.40. The molecule has 1 aromatic heterocycles. The number of ether oxygens (including phenoxy) is 3. The van der Waals surface area contributed by atoms with Crippen LogP contribution in [-0.4, -0.2) is 24.7 Å². The van der Waals surface area contributed by atoms with Gasteiger partial charge < -0.3 is 18.6 Å². The summed E-state index contributed by atoms with van der Waals surface area (Å²) in [6.45, 7) is 4.15. The van der Waals surface area contributed by atoms with E-state index < -0.39 is 5.97 Å². The van der Waals surface area contributed by atoms with E-state index in [-0.39, 0.29) is 6.61 Å². The van der Waals surface area contributed by atoms with Crippen LogP contribution in [0.4, 0.5) is 0 Å². The smallest absolute Gasteiger partial charge is 0.338 e. The molecule has 0 N–H and O–H groups in total. The lowest BCUT2D eigenvalue weighted by atomic mass is 10.2. The Morgan fingerprint density at radius 3 is 2.59 bits per heavy atom. The summed E-state index contributed by atoms with van der Waals surface area (Å²) in [7, 11) is 1.55. The summed E-state index contributed by atoms with van der Waals surface area (Å²) in [5.41, 5.74) is 1.83. The molecule has 0 atom stereocenters. The molecule has 0 aliphatic heterocycles. The number of aromatic nitrogens is 1. The van der Waals surface area contributed by atoms with Gasteiger partial charge in [0.2, 0.25) is 5.89 Å². The highest BCUT2D eigenvalue weighted by molar-refractivity contribution is 5.90. The highest BCUT2D eigenvalue weighted by Gasteiger charge is 2.16. The molecule has 3 aromatic rings. The molecular formula is C21H21NO5. The van der Waals surface area contributed by atoms with E-state index in [0.29, 0.717) is 41.0 Å². The third-order valence-electron chi connectivity index (χ3n) is 3.95. The average Bonchev–Trinajstić information content (AvgIpc) is 3.07. The van der Waals surface area contributed by atoms with Crippen LogP contribution < -0.4 is 9.47 Å². The van der Waals surface area contributed by atoms with Gasteiger partial charge in [-0.2, -0.15) is 0 Å². The first kappa shape index (κ1) is 18.5. The molecule has 0 aliphatic rings. The predicted octanol–water partition coefficient (Wildman–Crippen LogP) is 4.41. The van der Waals surface area contributed by atoms with Crippen molar-refractivity contribution >= 4 is 5.97 Å². The van der Waals surface area contributed by atoms with Crippen molar-refractivity contribution in [2.24, 2.45) is 0 Å². The standard InChI is InChI=1S/C21H21NO5/c1-4-25-19-12-16(10-11-18(19)24-3)21(23)26-13-17-14(2)27-20(22-17)15-8-6-5-7-9-15/h5-12H,4,13H2,1-3H3. The van der Waals surface area contributed by atoms with Crippen LogP contribution in [0.1, 0.15) is 28.7 Å². The van der Waals surface area contributed by atoms with Crippen LogP contribution in [-0.2, 0) is 11.3 Å². The molecule has 0 fully saturated rings. The lowest BCUT2D eigenvalue weighted by Crippen LogP contribution is -2.07. The van der Waals surface area contributed by atoms with Gasteiger partial charge in [-0.05, 0) is 44.2 Å². The Hall–Kier alpha value is -3.28.